The minimum Gasteiger partial charge on any atom is -0.484 e. The van der Waals surface area contributed by atoms with Crippen LogP contribution in [0.15, 0.2) is 18.2 Å². The Kier molecular flexibility index (Phi) is 3.25. The first kappa shape index (κ1) is 11.4. The third-order valence-corrected chi connectivity index (χ3v) is 1.62. The number of aryl methyl sites for hydroxylation is 1. The van der Waals surface area contributed by atoms with E-state index in [1.807, 2.05) is 0 Å². The fraction of sp³-hybridized carbons (Fsp3) is 0.273. The Hall–Kier alpha value is -1.63. The second-order valence-electron chi connectivity index (χ2n) is 3.08. The van der Waals surface area contributed by atoms with Crippen molar-refractivity contribution in [2.24, 2.45) is 0 Å². The lowest BCUT2D eigenvalue weighted by molar-refractivity contribution is -0.153. The van der Waals surface area contributed by atoms with Gasteiger partial charge in [0.15, 0.2) is 6.61 Å². The highest BCUT2D eigenvalue weighted by molar-refractivity contribution is 5.41. The average molecular weight is 214 g/mol. The van der Waals surface area contributed by atoms with E-state index >= 15 is 0 Å². The first-order chi connectivity index (χ1) is 6.90. The predicted octanol–water partition coefficient (Wildman–Crippen LogP) is 2.92. The quantitative estimate of drug-likeness (QED) is 0.688. The fourth-order valence-corrected chi connectivity index (χ4v) is 1.08. The minimum atomic E-state index is -4.33. The Morgan fingerprint density at radius 1 is 1.33 bits per heavy atom. The molecule has 15 heavy (non-hydrogen) atoms. The summed E-state index contributed by atoms with van der Waals surface area (Å²) in [4.78, 5) is 0. The van der Waals surface area contributed by atoms with Gasteiger partial charge >= 0.3 is 6.18 Å². The molecule has 0 spiro atoms. The molecule has 0 N–H and O–H groups in total. The van der Waals surface area contributed by atoms with Crippen LogP contribution in [0.25, 0.3) is 0 Å². The SMILES string of the molecule is C#Cc1cc(C)cc(OCC(F)(F)F)c1. The molecule has 0 amide bonds. The van der Waals surface area contributed by atoms with Crippen LogP contribution in [0.5, 0.6) is 5.75 Å². The Balaban J connectivity index is 2.78. The van der Waals surface area contributed by atoms with Crippen LogP contribution >= 0.6 is 0 Å². The van der Waals surface area contributed by atoms with E-state index in [4.69, 9.17) is 6.42 Å². The van der Waals surface area contributed by atoms with Crippen LogP contribution in [-0.4, -0.2) is 12.8 Å². The van der Waals surface area contributed by atoms with Crippen molar-refractivity contribution >= 4 is 0 Å². The molecular weight excluding hydrogens is 205 g/mol. The number of rotatable bonds is 2. The van der Waals surface area contributed by atoms with Gasteiger partial charge in [0, 0.05) is 5.56 Å². The molecule has 4 heteroatoms. The van der Waals surface area contributed by atoms with E-state index < -0.39 is 12.8 Å². The van der Waals surface area contributed by atoms with Crippen LogP contribution in [0.1, 0.15) is 11.1 Å². The van der Waals surface area contributed by atoms with Gasteiger partial charge in [-0.25, -0.2) is 0 Å². The molecule has 0 saturated carbocycles. The molecule has 0 aromatic heterocycles. The van der Waals surface area contributed by atoms with E-state index in [0.717, 1.165) is 5.56 Å². The lowest BCUT2D eigenvalue weighted by Gasteiger charge is -2.09. The normalized spacial score (nSPS) is 10.9. The first-order valence-corrected chi connectivity index (χ1v) is 4.18. The molecule has 0 unspecified atom stereocenters. The highest BCUT2D eigenvalue weighted by Gasteiger charge is 2.28. The molecule has 1 nitrogen and oxygen atoms in total. The maximum Gasteiger partial charge on any atom is 0.422 e. The Bertz CT molecular complexity index is 388. The molecular formula is C11H9F3O. The van der Waals surface area contributed by atoms with Crippen LogP contribution in [0.3, 0.4) is 0 Å². The minimum absolute atomic E-state index is 0.139. The third-order valence-electron chi connectivity index (χ3n) is 1.62. The number of halogens is 3. The van der Waals surface area contributed by atoms with Crippen molar-refractivity contribution in [3.63, 3.8) is 0 Å². The van der Waals surface area contributed by atoms with Crippen molar-refractivity contribution in [2.45, 2.75) is 13.1 Å². The van der Waals surface area contributed by atoms with Gasteiger partial charge in [-0.05, 0) is 30.7 Å². The standard InChI is InChI=1S/C11H9F3O/c1-3-9-4-8(2)5-10(6-9)15-7-11(12,13)14/h1,4-6H,7H2,2H3. The van der Waals surface area contributed by atoms with Gasteiger partial charge in [-0.3, -0.25) is 0 Å². The summed E-state index contributed by atoms with van der Waals surface area (Å²) in [5.74, 6) is 2.48. The van der Waals surface area contributed by atoms with Crippen LogP contribution in [0.2, 0.25) is 0 Å². The summed E-state index contributed by atoms with van der Waals surface area (Å²) in [5.41, 5.74) is 1.27. The molecule has 1 rings (SSSR count). The number of hydrogen-bond acceptors (Lipinski definition) is 1. The van der Waals surface area contributed by atoms with Crippen LogP contribution in [0.4, 0.5) is 13.2 Å². The zero-order valence-corrected chi connectivity index (χ0v) is 8.06. The summed E-state index contributed by atoms with van der Waals surface area (Å²) in [5, 5.41) is 0. The summed E-state index contributed by atoms with van der Waals surface area (Å²) < 4.78 is 40.2. The highest BCUT2D eigenvalue weighted by atomic mass is 19.4. The van der Waals surface area contributed by atoms with E-state index in [1.54, 1.807) is 13.0 Å². The van der Waals surface area contributed by atoms with Gasteiger partial charge in [-0.15, -0.1) is 6.42 Å². The van der Waals surface area contributed by atoms with Gasteiger partial charge in [0.1, 0.15) is 5.75 Å². The molecule has 0 saturated heterocycles. The summed E-state index contributed by atoms with van der Waals surface area (Å²) >= 11 is 0. The van der Waals surface area contributed by atoms with Gasteiger partial charge in [0.05, 0.1) is 0 Å². The maximum atomic E-state index is 11.9. The molecule has 1 aromatic carbocycles. The summed E-state index contributed by atoms with van der Waals surface area (Å²) in [6.45, 7) is 0.432. The van der Waals surface area contributed by atoms with E-state index in [9.17, 15) is 13.2 Å². The molecule has 0 atom stereocenters. The van der Waals surface area contributed by atoms with Crippen molar-refractivity contribution in [1.82, 2.24) is 0 Å². The summed E-state index contributed by atoms with van der Waals surface area (Å²) in [6, 6.07) is 4.60. The van der Waals surface area contributed by atoms with Gasteiger partial charge < -0.3 is 4.74 Å². The topological polar surface area (TPSA) is 9.23 Å². The highest BCUT2D eigenvalue weighted by Crippen LogP contribution is 2.20. The van der Waals surface area contributed by atoms with Crippen molar-refractivity contribution in [2.75, 3.05) is 6.61 Å². The Morgan fingerprint density at radius 2 is 2.00 bits per heavy atom. The number of ether oxygens (including phenoxy) is 1. The summed E-state index contributed by atoms with van der Waals surface area (Å²) in [7, 11) is 0. The fourth-order valence-electron chi connectivity index (χ4n) is 1.08. The van der Waals surface area contributed by atoms with E-state index in [1.165, 1.54) is 12.1 Å². The monoisotopic (exact) mass is 214 g/mol. The molecule has 1 aromatic rings. The van der Waals surface area contributed by atoms with Crippen molar-refractivity contribution in [1.29, 1.82) is 0 Å². The maximum absolute atomic E-state index is 11.9. The number of alkyl halides is 3. The largest absolute Gasteiger partial charge is 0.484 e. The third kappa shape index (κ3) is 3.94. The Labute approximate surface area is 85.9 Å². The van der Waals surface area contributed by atoms with Crippen LogP contribution in [-0.2, 0) is 0 Å². The predicted molar refractivity (Wildman–Crippen MR) is 50.7 cm³/mol. The number of hydrogen-bond donors (Lipinski definition) is 0. The molecule has 0 aliphatic rings. The Morgan fingerprint density at radius 3 is 2.53 bits per heavy atom. The van der Waals surface area contributed by atoms with Gasteiger partial charge in [-0.1, -0.05) is 5.92 Å². The van der Waals surface area contributed by atoms with Crippen molar-refractivity contribution in [3.05, 3.63) is 29.3 Å². The molecule has 80 valence electrons. The first-order valence-electron chi connectivity index (χ1n) is 4.18. The smallest absolute Gasteiger partial charge is 0.422 e. The molecule has 0 aliphatic heterocycles. The molecule has 0 heterocycles. The van der Waals surface area contributed by atoms with E-state index in [2.05, 4.69) is 10.7 Å². The number of benzene rings is 1. The van der Waals surface area contributed by atoms with Crippen molar-refractivity contribution in [3.8, 4) is 18.1 Å². The zero-order chi connectivity index (χ0) is 11.5. The summed E-state index contributed by atoms with van der Waals surface area (Å²) in [6.07, 6.45) is 0.808. The van der Waals surface area contributed by atoms with Crippen LogP contribution in [0, 0.1) is 19.3 Å². The molecule has 0 aliphatic carbocycles. The second kappa shape index (κ2) is 4.26. The lowest BCUT2D eigenvalue weighted by Crippen LogP contribution is -2.19. The average Bonchev–Trinajstić information content (AvgIpc) is 2.13. The van der Waals surface area contributed by atoms with Gasteiger partial charge in [-0.2, -0.15) is 13.2 Å². The molecule has 0 fully saturated rings. The molecule has 0 bridgehead atoms. The lowest BCUT2D eigenvalue weighted by atomic mass is 10.1. The van der Waals surface area contributed by atoms with Crippen molar-refractivity contribution < 1.29 is 17.9 Å². The number of terminal acetylenes is 1. The van der Waals surface area contributed by atoms with Crippen LogP contribution < -0.4 is 4.74 Å². The van der Waals surface area contributed by atoms with E-state index in [-0.39, 0.29) is 5.75 Å². The zero-order valence-electron chi connectivity index (χ0n) is 8.06. The molecule has 0 radical (unpaired) electrons. The van der Waals surface area contributed by atoms with E-state index in [0.29, 0.717) is 5.56 Å². The van der Waals surface area contributed by atoms with Gasteiger partial charge in [0.2, 0.25) is 0 Å². The second-order valence-corrected chi connectivity index (χ2v) is 3.08. The van der Waals surface area contributed by atoms with Gasteiger partial charge in [0.25, 0.3) is 0 Å².